The van der Waals surface area contributed by atoms with E-state index in [4.69, 9.17) is 29.4 Å². The van der Waals surface area contributed by atoms with Crippen molar-refractivity contribution >= 4 is 11.7 Å². The Morgan fingerprint density at radius 3 is 2.49 bits per heavy atom. The molecule has 0 fully saturated rings. The molecule has 0 spiro atoms. The summed E-state index contributed by atoms with van der Waals surface area (Å²) in [6.07, 6.45) is 0. The number of nitro benzene ring substituents is 1. The molecule has 1 atom stereocenters. The number of ether oxygens (including phenoxy) is 5. The maximum Gasteiger partial charge on any atom is 0.349 e. The lowest BCUT2D eigenvalue weighted by Gasteiger charge is -2.27. The molecular formula is C34H29N3O8. The quantitative estimate of drug-likeness (QED) is 0.0917. The van der Waals surface area contributed by atoms with E-state index in [2.05, 4.69) is 6.07 Å². The summed E-state index contributed by atoms with van der Waals surface area (Å²) in [5, 5.41) is 21.2. The molecule has 1 aliphatic heterocycles. The van der Waals surface area contributed by atoms with Crippen molar-refractivity contribution in [1.29, 1.82) is 5.26 Å². The average Bonchev–Trinajstić information content (AvgIpc) is 3.03. The van der Waals surface area contributed by atoms with Crippen molar-refractivity contribution in [2.75, 3.05) is 13.2 Å². The molecule has 228 valence electrons. The highest BCUT2D eigenvalue weighted by Crippen LogP contribution is 2.45. The first-order valence-electron chi connectivity index (χ1n) is 14.0. The summed E-state index contributed by atoms with van der Waals surface area (Å²) in [6.45, 7) is 4.07. The van der Waals surface area contributed by atoms with Crippen molar-refractivity contribution < 1.29 is 33.4 Å². The molecule has 11 heteroatoms. The molecule has 0 saturated heterocycles. The zero-order valence-electron chi connectivity index (χ0n) is 24.5. The summed E-state index contributed by atoms with van der Waals surface area (Å²) in [5.74, 6) is -0.0535. The summed E-state index contributed by atoms with van der Waals surface area (Å²) in [4.78, 5) is 23.1. The summed E-state index contributed by atoms with van der Waals surface area (Å²) >= 11 is 0. The van der Waals surface area contributed by atoms with E-state index in [0.29, 0.717) is 41.6 Å². The van der Waals surface area contributed by atoms with Crippen molar-refractivity contribution in [1.82, 2.24) is 0 Å². The first kappa shape index (κ1) is 30.4. The van der Waals surface area contributed by atoms with Gasteiger partial charge in [0, 0.05) is 17.7 Å². The topological polar surface area (TPSA) is 156 Å². The Bertz CT molecular complexity index is 1810. The van der Waals surface area contributed by atoms with E-state index in [0.717, 1.165) is 11.1 Å². The van der Waals surface area contributed by atoms with Gasteiger partial charge < -0.3 is 29.4 Å². The third-order valence-electron chi connectivity index (χ3n) is 6.95. The van der Waals surface area contributed by atoms with Crippen LogP contribution in [0.25, 0.3) is 0 Å². The van der Waals surface area contributed by atoms with E-state index >= 15 is 0 Å². The maximum absolute atomic E-state index is 12.5. The minimum absolute atomic E-state index is 0.0593. The summed E-state index contributed by atoms with van der Waals surface area (Å²) in [6, 6.07) is 26.1. The Hall–Kier alpha value is -6.02. The molecule has 2 N–H and O–H groups in total. The van der Waals surface area contributed by atoms with Crippen LogP contribution in [0, 0.1) is 28.4 Å². The van der Waals surface area contributed by atoms with Gasteiger partial charge in [-0.2, -0.15) is 5.26 Å². The van der Waals surface area contributed by atoms with Gasteiger partial charge in [-0.3, -0.25) is 10.1 Å². The first-order valence-corrected chi connectivity index (χ1v) is 14.0. The van der Waals surface area contributed by atoms with E-state index in [1.54, 1.807) is 24.3 Å². The molecule has 0 bridgehead atoms. The predicted octanol–water partition coefficient (Wildman–Crippen LogP) is 6.08. The molecule has 0 saturated carbocycles. The standard InChI is InChI=1S/C34H29N3O8/c1-3-41-31-16-23(12-15-29(31)42-19-22-10-8-21(2)9-11-22)33-25-14-13-24(17-30(25)45-34(36)26(33)18-35)44-32(38)20-43-28-7-5-4-6-27(28)37(39)40/h4-17,33H,3,19-20,36H2,1-2H3. The third-order valence-corrected chi connectivity index (χ3v) is 6.95. The van der Waals surface area contributed by atoms with Crippen molar-refractivity contribution in [2.45, 2.75) is 26.4 Å². The molecule has 1 unspecified atom stereocenters. The number of esters is 1. The van der Waals surface area contributed by atoms with Crippen LogP contribution in [0.4, 0.5) is 5.69 Å². The minimum Gasteiger partial charge on any atom is -0.490 e. The molecule has 0 aromatic heterocycles. The molecule has 0 radical (unpaired) electrons. The molecule has 0 amide bonds. The van der Waals surface area contributed by atoms with Gasteiger partial charge in [-0.1, -0.05) is 54.1 Å². The summed E-state index contributed by atoms with van der Waals surface area (Å²) in [7, 11) is 0. The number of rotatable bonds is 11. The summed E-state index contributed by atoms with van der Waals surface area (Å²) in [5.41, 5.74) is 9.62. The number of benzene rings is 4. The number of nitrogens with zero attached hydrogens (tertiary/aromatic N) is 2. The van der Waals surface area contributed by atoms with E-state index in [-0.39, 0.29) is 28.6 Å². The van der Waals surface area contributed by atoms with Gasteiger partial charge in [0.15, 0.2) is 23.9 Å². The van der Waals surface area contributed by atoms with E-state index < -0.39 is 23.4 Å². The van der Waals surface area contributed by atoms with Crippen LogP contribution in [0.5, 0.6) is 28.7 Å². The fraction of sp³-hybridized carbons (Fsp3) is 0.176. The van der Waals surface area contributed by atoms with E-state index in [1.807, 2.05) is 50.2 Å². The molecule has 4 aromatic rings. The number of hydrogen-bond donors (Lipinski definition) is 1. The highest BCUT2D eigenvalue weighted by molar-refractivity contribution is 5.74. The SMILES string of the molecule is CCOc1cc(C2C(C#N)=C(N)Oc3cc(OC(=O)COc4ccccc4[N+](=O)[O-])ccc32)ccc1OCc1ccc(C)cc1. The van der Waals surface area contributed by atoms with Crippen LogP contribution in [0.1, 0.15) is 35.1 Å². The molecule has 1 aliphatic rings. The number of para-hydroxylation sites is 2. The molecular weight excluding hydrogens is 578 g/mol. The van der Waals surface area contributed by atoms with Crippen LogP contribution in [0.2, 0.25) is 0 Å². The number of carbonyl (C=O) groups excluding carboxylic acids is 1. The van der Waals surface area contributed by atoms with Gasteiger partial charge in [0.1, 0.15) is 29.7 Å². The average molecular weight is 608 g/mol. The van der Waals surface area contributed by atoms with Crippen molar-refractivity contribution in [3.63, 3.8) is 0 Å². The lowest BCUT2D eigenvalue weighted by molar-refractivity contribution is -0.385. The number of carbonyl (C=O) groups is 1. The van der Waals surface area contributed by atoms with Gasteiger partial charge in [0.05, 0.1) is 17.4 Å². The van der Waals surface area contributed by atoms with Crippen molar-refractivity contribution in [2.24, 2.45) is 5.73 Å². The second kappa shape index (κ2) is 13.5. The van der Waals surface area contributed by atoms with Crippen molar-refractivity contribution in [3.05, 3.63) is 129 Å². The fourth-order valence-corrected chi connectivity index (χ4v) is 4.81. The smallest absolute Gasteiger partial charge is 0.349 e. The monoisotopic (exact) mass is 607 g/mol. The number of nitro groups is 1. The molecule has 0 aliphatic carbocycles. The second-order valence-corrected chi connectivity index (χ2v) is 10.0. The number of allylic oxidation sites excluding steroid dienone is 1. The zero-order chi connectivity index (χ0) is 31.9. The third kappa shape index (κ3) is 6.97. The normalized spacial score (nSPS) is 13.6. The number of nitrogens with two attached hydrogens (primary N) is 1. The fourth-order valence-electron chi connectivity index (χ4n) is 4.81. The van der Waals surface area contributed by atoms with E-state index in [9.17, 15) is 20.2 Å². The Balaban J connectivity index is 1.36. The van der Waals surface area contributed by atoms with Crippen LogP contribution in [0.3, 0.4) is 0 Å². The number of nitriles is 1. The molecule has 4 aromatic carbocycles. The van der Waals surface area contributed by atoms with Crippen LogP contribution in [0.15, 0.2) is 96.4 Å². The zero-order valence-corrected chi connectivity index (χ0v) is 24.5. The van der Waals surface area contributed by atoms with Crippen LogP contribution in [-0.4, -0.2) is 24.1 Å². The Kier molecular flexibility index (Phi) is 9.15. The Morgan fingerprint density at radius 2 is 1.76 bits per heavy atom. The van der Waals surface area contributed by atoms with Gasteiger partial charge in [0.25, 0.3) is 0 Å². The predicted molar refractivity (Wildman–Crippen MR) is 163 cm³/mol. The molecule has 1 heterocycles. The minimum atomic E-state index is -0.788. The van der Waals surface area contributed by atoms with E-state index in [1.165, 1.54) is 24.3 Å². The molecule has 45 heavy (non-hydrogen) atoms. The Morgan fingerprint density at radius 1 is 0.978 bits per heavy atom. The van der Waals surface area contributed by atoms with Gasteiger partial charge in [-0.25, -0.2) is 4.79 Å². The number of fused-ring (bicyclic) bond motifs is 1. The van der Waals surface area contributed by atoms with Gasteiger partial charge in [-0.15, -0.1) is 0 Å². The van der Waals surface area contributed by atoms with Crippen molar-refractivity contribution in [3.8, 4) is 34.8 Å². The van der Waals surface area contributed by atoms with Crippen LogP contribution in [-0.2, 0) is 11.4 Å². The highest BCUT2D eigenvalue weighted by atomic mass is 16.6. The van der Waals surface area contributed by atoms with Crippen LogP contribution >= 0.6 is 0 Å². The van der Waals surface area contributed by atoms with Gasteiger partial charge >= 0.3 is 11.7 Å². The lowest BCUT2D eigenvalue weighted by Crippen LogP contribution is -2.22. The molecule has 5 rings (SSSR count). The van der Waals surface area contributed by atoms with Gasteiger partial charge in [0.2, 0.25) is 5.88 Å². The number of hydrogen-bond acceptors (Lipinski definition) is 10. The first-order chi connectivity index (χ1) is 21.8. The largest absolute Gasteiger partial charge is 0.490 e. The summed E-state index contributed by atoms with van der Waals surface area (Å²) < 4.78 is 28.5. The van der Waals surface area contributed by atoms with Crippen LogP contribution < -0.4 is 29.4 Å². The van der Waals surface area contributed by atoms with Gasteiger partial charge in [-0.05, 0) is 49.2 Å². The molecule has 11 nitrogen and oxygen atoms in total. The Labute approximate surface area is 259 Å². The second-order valence-electron chi connectivity index (χ2n) is 10.0. The lowest BCUT2D eigenvalue weighted by atomic mass is 9.83. The number of aryl methyl sites for hydroxylation is 1. The maximum atomic E-state index is 12.5. The highest BCUT2D eigenvalue weighted by Gasteiger charge is 2.32.